The zero-order valence-corrected chi connectivity index (χ0v) is 21.1. The monoisotopic (exact) mass is 519 g/mol. The number of hydrogen-bond acceptors (Lipinski definition) is 9. The van der Waals surface area contributed by atoms with Crippen molar-refractivity contribution in [2.75, 3.05) is 18.6 Å². The number of aromatic nitrogens is 2. The van der Waals surface area contributed by atoms with Gasteiger partial charge in [-0.1, -0.05) is 48.3 Å². The summed E-state index contributed by atoms with van der Waals surface area (Å²) >= 11 is 2.42. The van der Waals surface area contributed by atoms with Crippen LogP contribution >= 0.6 is 22.7 Å². The summed E-state index contributed by atoms with van der Waals surface area (Å²) in [6.07, 6.45) is 1.48. The summed E-state index contributed by atoms with van der Waals surface area (Å²) < 4.78 is 11.5. The summed E-state index contributed by atoms with van der Waals surface area (Å²) in [7, 11) is 1.56. The predicted molar refractivity (Wildman–Crippen MR) is 140 cm³/mol. The lowest BCUT2D eigenvalue weighted by atomic mass is 9.99. The fraction of sp³-hybridized carbons (Fsp3) is 0.154. The Labute approximate surface area is 214 Å². The van der Waals surface area contributed by atoms with E-state index in [0.29, 0.717) is 27.6 Å². The number of ether oxygens (including phenoxy) is 2. The normalized spacial score (nSPS) is 15.6. The minimum Gasteiger partial charge on any atom is -0.503 e. The summed E-state index contributed by atoms with van der Waals surface area (Å²) in [6, 6.07) is 14.1. The van der Waals surface area contributed by atoms with Crippen molar-refractivity contribution in [2.24, 2.45) is 0 Å². The third kappa shape index (κ3) is 4.04. The van der Waals surface area contributed by atoms with Crippen LogP contribution in [0, 0.1) is 6.92 Å². The number of para-hydroxylation sites is 1. The zero-order valence-electron chi connectivity index (χ0n) is 19.4. The molecule has 1 amide bonds. The number of hydrogen-bond donors (Lipinski definition) is 1. The van der Waals surface area contributed by atoms with Crippen molar-refractivity contribution in [3.05, 3.63) is 88.1 Å². The van der Waals surface area contributed by atoms with E-state index < -0.39 is 23.7 Å². The average molecular weight is 520 g/mol. The number of nitrogens with zero attached hydrogens (tertiary/aromatic N) is 3. The van der Waals surface area contributed by atoms with Crippen LogP contribution in [0.3, 0.4) is 0 Å². The number of thiazole rings is 2. The highest BCUT2D eigenvalue weighted by Gasteiger charge is 2.45. The lowest BCUT2D eigenvalue weighted by Gasteiger charge is -2.24. The maximum absolute atomic E-state index is 13.5. The van der Waals surface area contributed by atoms with Gasteiger partial charge in [0.25, 0.3) is 5.91 Å². The van der Waals surface area contributed by atoms with Gasteiger partial charge in [0.05, 0.1) is 34.6 Å². The Bertz CT molecular complexity index is 1500. The molecule has 2 aromatic heterocycles. The highest BCUT2D eigenvalue weighted by atomic mass is 32.1. The van der Waals surface area contributed by atoms with Crippen LogP contribution in [0.5, 0.6) is 5.75 Å². The second-order valence-corrected chi connectivity index (χ2v) is 9.91. The third-order valence-corrected chi connectivity index (χ3v) is 7.86. The molecule has 1 atom stereocenters. The molecule has 5 rings (SSSR count). The first-order chi connectivity index (χ1) is 17.4. The smallest absolute Gasteiger partial charge is 0.350 e. The highest BCUT2D eigenvalue weighted by Crippen LogP contribution is 2.48. The topological polar surface area (TPSA) is 102 Å². The fourth-order valence-corrected chi connectivity index (χ4v) is 6.03. The number of anilines is 1. The molecule has 0 bridgehead atoms. The molecule has 2 aromatic carbocycles. The third-order valence-electron chi connectivity index (χ3n) is 5.65. The van der Waals surface area contributed by atoms with Gasteiger partial charge >= 0.3 is 5.97 Å². The molecule has 0 aliphatic carbocycles. The number of benzene rings is 2. The van der Waals surface area contributed by atoms with Crippen LogP contribution in [0.1, 0.15) is 32.0 Å². The Hall–Kier alpha value is -4.02. The van der Waals surface area contributed by atoms with Gasteiger partial charge in [-0.2, -0.15) is 0 Å². The molecule has 4 aromatic rings. The van der Waals surface area contributed by atoms with Crippen molar-refractivity contribution in [1.29, 1.82) is 0 Å². The SMILES string of the molecule is C=CCOC(=O)c1sc(N2C(=O)C(O)=C(c3nc4ccccc4s3)[C@H]2c2cccc(OC)c2)nc1C. The molecular weight excluding hydrogens is 498 g/mol. The van der Waals surface area contributed by atoms with Crippen molar-refractivity contribution in [1.82, 2.24) is 9.97 Å². The summed E-state index contributed by atoms with van der Waals surface area (Å²) in [5.74, 6) is -0.995. The van der Waals surface area contributed by atoms with Gasteiger partial charge in [0.2, 0.25) is 0 Å². The highest BCUT2D eigenvalue weighted by molar-refractivity contribution is 7.19. The van der Waals surface area contributed by atoms with Crippen molar-refractivity contribution >= 4 is 55.5 Å². The molecule has 36 heavy (non-hydrogen) atoms. The lowest BCUT2D eigenvalue weighted by molar-refractivity contribution is -0.117. The molecule has 8 nitrogen and oxygen atoms in total. The molecule has 1 aliphatic heterocycles. The molecular formula is C26H21N3O5S2. The van der Waals surface area contributed by atoms with E-state index in [2.05, 4.69) is 11.6 Å². The van der Waals surface area contributed by atoms with Crippen LogP contribution in [0.15, 0.2) is 66.9 Å². The van der Waals surface area contributed by atoms with Gasteiger partial charge in [0.15, 0.2) is 10.9 Å². The lowest BCUT2D eigenvalue weighted by Crippen LogP contribution is -2.30. The predicted octanol–water partition coefficient (Wildman–Crippen LogP) is 5.47. The second kappa shape index (κ2) is 9.56. The van der Waals surface area contributed by atoms with Crippen LogP contribution in [0.25, 0.3) is 15.8 Å². The molecule has 10 heteroatoms. The number of amides is 1. The quantitative estimate of drug-likeness (QED) is 0.255. The zero-order chi connectivity index (χ0) is 25.4. The summed E-state index contributed by atoms with van der Waals surface area (Å²) in [5.41, 5.74) is 2.27. The first-order valence-corrected chi connectivity index (χ1v) is 12.6. The standard InChI is InChI=1S/C26H21N3O5S2/c1-4-12-34-25(32)22-14(2)27-26(36-22)29-20(15-8-7-9-16(13-15)33-3)19(21(30)24(29)31)23-28-17-10-5-6-11-18(17)35-23/h4-11,13,20,30H,1,12H2,2-3H3/t20-/m1/s1. The van der Waals surface area contributed by atoms with E-state index in [1.165, 1.54) is 22.3 Å². The van der Waals surface area contributed by atoms with Gasteiger partial charge in [-0.05, 0) is 36.8 Å². The van der Waals surface area contributed by atoms with Crippen LogP contribution in [-0.2, 0) is 9.53 Å². The van der Waals surface area contributed by atoms with Crippen molar-refractivity contribution in [3.63, 3.8) is 0 Å². The van der Waals surface area contributed by atoms with Crippen molar-refractivity contribution in [2.45, 2.75) is 13.0 Å². The minimum atomic E-state index is -0.740. The number of aryl methyl sites for hydroxylation is 1. The molecule has 0 saturated carbocycles. The number of fused-ring (bicyclic) bond motifs is 1. The van der Waals surface area contributed by atoms with Crippen molar-refractivity contribution < 1.29 is 24.2 Å². The Kier molecular flexibility index (Phi) is 6.29. The fourth-order valence-electron chi connectivity index (χ4n) is 4.01. The Morgan fingerprint density at radius 1 is 1.19 bits per heavy atom. The molecule has 0 saturated heterocycles. The first kappa shape index (κ1) is 23.7. The van der Waals surface area contributed by atoms with Gasteiger partial charge in [0.1, 0.15) is 22.2 Å². The largest absolute Gasteiger partial charge is 0.503 e. The van der Waals surface area contributed by atoms with E-state index >= 15 is 0 Å². The molecule has 0 fully saturated rings. The molecule has 0 radical (unpaired) electrons. The van der Waals surface area contributed by atoms with E-state index in [0.717, 1.165) is 21.6 Å². The van der Waals surface area contributed by atoms with Gasteiger partial charge in [-0.15, -0.1) is 11.3 Å². The number of carbonyl (C=O) groups excluding carboxylic acids is 2. The van der Waals surface area contributed by atoms with E-state index in [4.69, 9.17) is 14.5 Å². The maximum atomic E-state index is 13.5. The van der Waals surface area contributed by atoms with E-state index in [-0.39, 0.29) is 16.6 Å². The number of methoxy groups -OCH3 is 1. The van der Waals surface area contributed by atoms with Crippen molar-refractivity contribution in [3.8, 4) is 5.75 Å². The van der Waals surface area contributed by atoms with E-state index in [9.17, 15) is 14.7 Å². The minimum absolute atomic E-state index is 0.0602. The Balaban J connectivity index is 1.66. The Morgan fingerprint density at radius 3 is 2.75 bits per heavy atom. The van der Waals surface area contributed by atoms with Gasteiger partial charge in [-0.25, -0.2) is 14.8 Å². The van der Waals surface area contributed by atoms with E-state index in [1.807, 2.05) is 36.4 Å². The molecule has 1 aliphatic rings. The van der Waals surface area contributed by atoms with Gasteiger partial charge < -0.3 is 14.6 Å². The molecule has 0 unspecified atom stereocenters. The maximum Gasteiger partial charge on any atom is 0.350 e. The number of aliphatic hydroxyl groups is 1. The van der Waals surface area contributed by atoms with Gasteiger partial charge in [-0.3, -0.25) is 9.69 Å². The van der Waals surface area contributed by atoms with Crippen LogP contribution < -0.4 is 9.64 Å². The summed E-state index contributed by atoms with van der Waals surface area (Å²) in [5, 5.41) is 11.9. The number of rotatable bonds is 7. The number of esters is 1. The molecule has 1 N–H and O–H groups in total. The average Bonchev–Trinajstić information content (AvgIpc) is 3.56. The molecule has 182 valence electrons. The Morgan fingerprint density at radius 2 is 2.00 bits per heavy atom. The summed E-state index contributed by atoms with van der Waals surface area (Å²) in [4.78, 5) is 36.9. The van der Waals surface area contributed by atoms with Crippen LogP contribution in [-0.4, -0.2) is 40.7 Å². The van der Waals surface area contributed by atoms with Crippen LogP contribution in [0.4, 0.5) is 5.13 Å². The summed E-state index contributed by atoms with van der Waals surface area (Å²) in [6.45, 7) is 5.29. The van der Waals surface area contributed by atoms with Gasteiger partial charge in [0, 0.05) is 0 Å². The molecule has 0 spiro atoms. The number of aliphatic hydroxyl groups excluding tert-OH is 1. The molecule has 3 heterocycles. The first-order valence-electron chi connectivity index (χ1n) is 10.9. The second-order valence-electron chi connectivity index (χ2n) is 7.90. The van der Waals surface area contributed by atoms with Crippen LogP contribution in [0.2, 0.25) is 0 Å². The van der Waals surface area contributed by atoms with E-state index in [1.54, 1.807) is 26.2 Å². The number of carbonyl (C=O) groups is 2.